The zero-order valence-electron chi connectivity index (χ0n) is 20.5. The monoisotopic (exact) mass is 454 g/mol. The van der Waals surface area contributed by atoms with Crippen LogP contribution in [0.5, 0.6) is 0 Å². The van der Waals surface area contributed by atoms with Gasteiger partial charge in [-0.2, -0.15) is 0 Å². The lowest BCUT2D eigenvalue weighted by molar-refractivity contribution is -0.0473. The summed E-state index contributed by atoms with van der Waals surface area (Å²) >= 11 is 0. The molecule has 0 aliphatic heterocycles. The molecule has 0 spiro atoms. The van der Waals surface area contributed by atoms with E-state index in [1.807, 2.05) is 12.4 Å². The summed E-state index contributed by atoms with van der Waals surface area (Å²) in [6.45, 7) is 2.47. The molecule has 0 saturated heterocycles. The lowest BCUT2D eigenvalue weighted by Gasteiger charge is -2.49. The molecule has 3 heteroatoms. The maximum absolute atomic E-state index is 12.4. The van der Waals surface area contributed by atoms with Crippen molar-refractivity contribution in [3.05, 3.63) is 65.5 Å². The standard InChI is InChI=1S/C31H38N2O/c1-30-13-11-25-17-21-4-5-27(33-26-6-7-26)18-22(21)10-14-31(25,34)29(30)9-8-28(30)23-3-2-20-12-15-32-19-24(20)16-23/h2-3,11-12,15-17,19,22,26-29,33-34H,4-10,13-14,18H2,1H3/t22?,27-,28?,29+,30+,31+/m0/s1. The molecule has 5 aliphatic rings. The van der Waals surface area contributed by atoms with Crippen LogP contribution in [0.2, 0.25) is 0 Å². The summed E-state index contributed by atoms with van der Waals surface area (Å²) in [6, 6.07) is 10.5. The Bertz CT molecular complexity index is 1180. The lowest BCUT2D eigenvalue weighted by Crippen LogP contribution is -2.49. The maximum Gasteiger partial charge on any atom is 0.0927 e. The van der Waals surface area contributed by atoms with Gasteiger partial charge in [-0.1, -0.05) is 36.8 Å². The second-order valence-corrected chi connectivity index (χ2v) is 12.3. The van der Waals surface area contributed by atoms with Gasteiger partial charge >= 0.3 is 0 Å². The molecule has 0 bridgehead atoms. The van der Waals surface area contributed by atoms with Crippen molar-refractivity contribution < 1.29 is 5.11 Å². The number of benzene rings is 1. The zero-order chi connectivity index (χ0) is 22.9. The number of rotatable bonds is 3. The lowest BCUT2D eigenvalue weighted by atomic mass is 9.58. The fraction of sp³-hybridized carbons (Fsp3) is 0.581. The molecule has 34 heavy (non-hydrogen) atoms. The first-order valence-electron chi connectivity index (χ1n) is 13.8. The Morgan fingerprint density at radius 2 is 1.91 bits per heavy atom. The van der Waals surface area contributed by atoms with E-state index in [1.54, 1.807) is 5.57 Å². The molecule has 7 rings (SSSR count). The molecule has 1 aromatic heterocycles. The predicted molar refractivity (Wildman–Crippen MR) is 138 cm³/mol. The average molecular weight is 455 g/mol. The molecule has 1 aromatic carbocycles. The normalized spacial score (nSPS) is 39.5. The Labute approximate surface area is 203 Å². The van der Waals surface area contributed by atoms with E-state index in [0.29, 0.717) is 23.8 Å². The van der Waals surface area contributed by atoms with Crippen molar-refractivity contribution in [2.75, 3.05) is 0 Å². The Morgan fingerprint density at radius 1 is 1.00 bits per heavy atom. The Balaban J connectivity index is 1.18. The van der Waals surface area contributed by atoms with Crippen molar-refractivity contribution >= 4 is 10.8 Å². The van der Waals surface area contributed by atoms with Crippen LogP contribution in [-0.2, 0) is 0 Å². The molecule has 0 radical (unpaired) electrons. The van der Waals surface area contributed by atoms with Crippen LogP contribution in [0.1, 0.15) is 82.6 Å². The number of allylic oxidation sites excluding steroid dienone is 2. The number of pyridine rings is 1. The van der Waals surface area contributed by atoms with Crippen molar-refractivity contribution in [2.24, 2.45) is 17.3 Å². The maximum atomic E-state index is 12.4. The van der Waals surface area contributed by atoms with Crippen LogP contribution in [0, 0.1) is 17.3 Å². The highest BCUT2D eigenvalue weighted by Crippen LogP contribution is 2.64. The quantitative estimate of drug-likeness (QED) is 0.561. The highest BCUT2D eigenvalue weighted by atomic mass is 16.3. The molecule has 0 amide bonds. The Hall–Kier alpha value is -1.97. The van der Waals surface area contributed by atoms with Gasteiger partial charge in [-0.3, -0.25) is 4.98 Å². The van der Waals surface area contributed by atoms with Crippen molar-refractivity contribution in [1.29, 1.82) is 0 Å². The van der Waals surface area contributed by atoms with Crippen molar-refractivity contribution in [3.8, 4) is 0 Å². The van der Waals surface area contributed by atoms with Crippen LogP contribution >= 0.6 is 0 Å². The summed E-state index contributed by atoms with van der Waals surface area (Å²) < 4.78 is 0. The van der Waals surface area contributed by atoms with Crippen LogP contribution in [0.25, 0.3) is 10.8 Å². The Kier molecular flexibility index (Phi) is 4.87. The number of fused-ring (bicyclic) bond motifs is 5. The van der Waals surface area contributed by atoms with Gasteiger partial charge < -0.3 is 10.4 Å². The number of hydrogen-bond acceptors (Lipinski definition) is 3. The number of hydrogen-bond donors (Lipinski definition) is 2. The third-order valence-electron chi connectivity index (χ3n) is 10.4. The molecule has 6 atom stereocenters. The fourth-order valence-corrected chi connectivity index (χ4v) is 8.36. The minimum absolute atomic E-state index is 0.109. The SMILES string of the molecule is C[C@]12CC=C3C=C4CC[C@H](NC5CC5)CC4CC[C@]3(O)[C@@H]1CCC2c1ccc2ccncc2c1. The van der Waals surface area contributed by atoms with Crippen LogP contribution in [0.4, 0.5) is 0 Å². The van der Waals surface area contributed by atoms with Gasteiger partial charge in [0, 0.05) is 29.9 Å². The zero-order valence-corrected chi connectivity index (χ0v) is 20.5. The van der Waals surface area contributed by atoms with Gasteiger partial charge in [-0.25, -0.2) is 0 Å². The van der Waals surface area contributed by atoms with Gasteiger partial charge in [0.05, 0.1) is 5.60 Å². The molecule has 2 N–H and O–H groups in total. The summed E-state index contributed by atoms with van der Waals surface area (Å²) in [5.41, 5.74) is 3.75. The predicted octanol–water partition coefficient (Wildman–Crippen LogP) is 6.44. The van der Waals surface area contributed by atoms with E-state index in [2.05, 4.69) is 53.6 Å². The molecular formula is C31H38N2O. The first-order valence-corrected chi connectivity index (χ1v) is 13.8. The van der Waals surface area contributed by atoms with E-state index in [9.17, 15) is 5.11 Å². The summed E-state index contributed by atoms with van der Waals surface area (Å²) in [5, 5.41) is 18.8. The van der Waals surface area contributed by atoms with Gasteiger partial charge in [0.2, 0.25) is 0 Å². The van der Waals surface area contributed by atoms with Crippen molar-refractivity contribution in [2.45, 2.75) is 94.7 Å². The van der Waals surface area contributed by atoms with Gasteiger partial charge in [0.15, 0.2) is 0 Å². The van der Waals surface area contributed by atoms with Crippen LogP contribution < -0.4 is 5.32 Å². The molecule has 3 fully saturated rings. The van der Waals surface area contributed by atoms with Crippen molar-refractivity contribution in [1.82, 2.24) is 10.3 Å². The van der Waals surface area contributed by atoms with Gasteiger partial charge in [0.1, 0.15) is 0 Å². The second kappa shape index (κ2) is 7.77. The number of aromatic nitrogens is 1. The van der Waals surface area contributed by atoms with E-state index < -0.39 is 5.60 Å². The molecule has 2 unspecified atom stereocenters. The topological polar surface area (TPSA) is 45.1 Å². The number of nitrogens with zero attached hydrogens (tertiary/aromatic N) is 1. The molecule has 2 aromatic rings. The minimum atomic E-state index is -0.663. The first-order chi connectivity index (χ1) is 16.5. The van der Waals surface area contributed by atoms with Gasteiger partial charge in [-0.15, -0.1) is 0 Å². The van der Waals surface area contributed by atoms with E-state index >= 15 is 0 Å². The number of aliphatic hydroxyl groups is 1. The highest BCUT2D eigenvalue weighted by Gasteiger charge is 2.58. The van der Waals surface area contributed by atoms with Crippen molar-refractivity contribution in [3.63, 3.8) is 0 Å². The van der Waals surface area contributed by atoms with Crippen LogP contribution in [0.15, 0.2) is 60.0 Å². The second-order valence-electron chi connectivity index (χ2n) is 12.3. The van der Waals surface area contributed by atoms with E-state index in [1.165, 1.54) is 60.4 Å². The molecule has 178 valence electrons. The van der Waals surface area contributed by atoms with E-state index in [-0.39, 0.29) is 5.41 Å². The van der Waals surface area contributed by atoms with Crippen LogP contribution in [-0.4, -0.2) is 27.8 Å². The van der Waals surface area contributed by atoms with Crippen LogP contribution in [0.3, 0.4) is 0 Å². The molecule has 3 nitrogen and oxygen atoms in total. The largest absolute Gasteiger partial charge is 0.385 e. The molecule has 3 saturated carbocycles. The highest BCUT2D eigenvalue weighted by molar-refractivity contribution is 5.82. The summed E-state index contributed by atoms with van der Waals surface area (Å²) in [7, 11) is 0. The Morgan fingerprint density at radius 3 is 2.79 bits per heavy atom. The summed E-state index contributed by atoms with van der Waals surface area (Å²) in [4.78, 5) is 4.35. The average Bonchev–Trinajstić information content (AvgIpc) is 3.61. The first kappa shape index (κ1) is 21.3. The number of nitrogens with one attached hydrogen (secondary N) is 1. The third-order valence-corrected chi connectivity index (χ3v) is 10.4. The fourth-order valence-electron chi connectivity index (χ4n) is 8.36. The molecule has 5 aliphatic carbocycles. The summed E-state index contributed by atoms with van der Waals surface area (Å²) in [6.07, 6.45) is 20.7. The third kappa shape index (κ3) is 3.34. The van der Waals surface area contributed by atoms with E-state index in [0.717, 1.165) is 31.7 Å². The molecule has 1 heterocycles. The minimum Gasteiger partial charge on any atom is -0.385 e. The van der Waals surface area contributed by atoms with Gasteiger partial charge in [-0.05, 0) is 116 Å². The summed E-state index contributed by atoms with van der Waals surface area (Å²) in [5.74, 6) is 1.48. The van der Waals surface area contributed by atoms with Gasteiger partial charge in [0.25, 0.3) is 0 Å². The molecular weight excluding hydrogens is 416 g/mol. The van der Waals surface area contributed by atoms with E-state index in [4.69, 9.17) is 0 Å². The smallest absolute Gasteiger partial charge is 0.0927 e.